The molecule has 0 rings (SSSR count). The third-order valence-electron chi connectivity index (χ3n) is 0.512. The van der Waals surface area contributed by atoms with Crippen LogP contribution in [0.15, 0.2) is 0 Å². The van der Waals surface area contributed by atoms with Crippen molar-refractivity contribution in [3.63, 3.8) is 0 Å². The molecular weight excluding hydrogens is 159 g/mol. The van der Waals surface area contributed by atoms with E-state index in [1.807, 2.05) is 0 Å². The van der Waals surface area contributed by atoms with Crippen LogP contribution in [0.2, 0.25) is 0 Å². The average Bonchev–Trinajstić information content (AvgIpc) is 1.87. The molecule has 10 heavy (non-hydrogen) atoms. The Bertz CT molecular complexity index is 95.8. The van der Waals surface area contributed by atoms with Gasteiger partial charge in [0.25, 0.3) is 0 Å². The first kappa shape index (κ1) is 12.7. The van der Waals surface area contributed by atoms with Gasteiger partial charge in [0.2, 0.25) is 0 Å². The van der Waals surface area contributed by atoms with Crippen LogP contribution < -0.4 is 0 Å². The quantitative estimate of drug-likeness (QED) is 0.407. The second-order valence-electron chi connectivity index (χ2n) is 1.43. The molecule has 0 heterocycles. The molecule has 64 valence electrons. The van der Waals surface area contributed by atoms with Crippen molar-refractivity contribution in [3.8, 4) is 0 Å². The lowest BCUT2D eigenvalue weighted by molar-refractivity contribution is 0.186. The Hall–Kier alpha value is 0.0700. The lowest BCUT2D eigenvalue weighted by Crippen LogP contribution is -1.85. The summed E-state index contributed by atoms with van der Waals surface area (Å²) in [6.45, 7) is 1.20. The van der Waals surface area contributed by atoms with E-state index >= 15 is 0 Å². The molecule has 0 fully saturated rings. The van der Waals surface area contributed by atoms with Crippen LogP contribution in [0, 0.1) is 0 Å². The summed E-state index contributed by atoms with van der Waals surface area (Å²) in [4.78, 5) is 15.9. The predicted octanol–water partition coefficient (Wildman–Crippen LogP) is -0.845. The molecule has 0 amide bonds. The molecule has 0 aromatic rings. The lowest BCUT2D eigenvalue weighted by Gasteiger charge is -1.92. The highest BCUT2D eigenvalue weighted by molar-refractivity contribution is 7.51. The molecule has 0 saturated carbocycles. The van der Waals surface area contributed by atoms with E-state index in [0.717, 1.165) is 0 Å². The minimum absolute atomic E-state index is 0.0625. The summed E-state index contributed by atoms with van der Waals surface area (Å²) < 4.78 is 9.69. The van der Waals surface area contributed by atoms with Crippen LogP contribution in [0.4, 0.5) is 0 Å². The minimum Gasteiger partial charge on any atom is -0.394 e. The van der Waals surface area contributed by atoms with Crippen LogP contribution in [0.3, 0.4) is 0 Å². The Balaban J connectivity index is 0. The maximum Gasteiger partial charge on any atom is 0.325 e. The van der Waals surface area contributed by atoms with Crippen LogP contribution in [0.5, 0.6) is 0 Å². The summed E-state index contributed by atoms with van der Waals surface area (Å²) in [5.41, 5.74) is 0. The van der Waals surface area contributed by atoms with E-state index in [1.165, 1.54) is 6.92 Å². The van der Waals surface area contributed by atoms with Gasteiger partial charge in [0.15, 0.2) is 0 Å². The highest BCUT2D eigenvalue weighted by Crippen LogP contribution is 2.32. The zero-order chi connectivity index (χ0) is 8.62. The molecule has 5 nitrogen and oxygen atoms in total. The van der Waals surface area contributed by atoms with Gasteiger partial charge < -0.3 is 20.0 Å². The van der Waals surface area contributed by atoms with Crippen molar-refractivity contribution in [2.75, 3.05) is 19.4 Å². The second-order valence-corrected chi connectivity index (χ2v) is 3.39. The number of aliphatic hydroxyl groups excluding tert-OH is 2. The van der Waals surface area contributed by atoms with Gasteiger partial charge in [0.05, 0.1) is 13.2 Å². The fourth-order valence-corrected chi connectivity index (χ4v) is 0. The Morgan fingerprint density at radius 3 is 1.40 bits per heavy atom. The first-order valence-electron chi connectivity index (χ1n) is 2.74. The van der Waals surface area contributed by atoms with Crippen LogP contribution in [0.1, 0.15) is 6.92 Å². The highest BCUT2D eigenvalue weighted by atomic mass is 31.2. The molecular formula is C4H13O5P. The van der Waals surface area contributed by atoms with Crippen LogP contribution in [0.25, 0.3) is 0 Å². The van der Waals surface area contributed by atoms with Gasteiger partial charge in [-0.05, 0) is 0 Å². The highest BCUT2D eigenvalue weighted by Gasteiger charge is 2.05. The summed E-state index contributed by atoms with van der Waals surface area (Å²) in [5.74, 6) is 0. The standard InChI is InChI=1S/C2H7O3P.C2H6O2/c1-2-6(3,4)5;3-1-2-4/h2H2,1H3,(H2,3,4,5);3-4H,1-2H2. The maximum absolute atomic E-state index is 9.69. The lowest BCUT2D eigenvalue weighted by atomic mass is 10.8. The number of rotatable bonds is 2. The molecule has 0 unspecified atom stereocenters. The molecule has 0 aliphatic heterocycles. The summed E-state index contributed by atoms with van der Waals surface area (Å²) in [6.07, 6.45) is -0.0625. The Labute approximate surface area is 59.5 Å². The van der Waals surface area contributed by atoms with Crippen molar-refractivity contribution in [1.82, 2.24) is 0 Å². The van der Waals surface area contributed by atoms with Gasteiger partial charge in [0, 0.05) is 6.16 Å². The van der Waals surface area contributed by atoms with E-state index in [2.05, 4.69) is 0 Å². The van der Waals surface area contributed by atoms with E-state index in [-0.39, 0.29) is 19.4 Å². The number of hydrogen-bond acceptors (Lipinski definition) is 3. The predicted molar refractivity (Wildman–Crippen MR) is 36.8 cm³/mol. The number of aliphatic hydroxyl groups is 2. The minimum atomic E-state index is -3.65. The average molecular weight is 172 g/mol. The van der Waals surface area contributed by atoms with Crippen LogP contribution in [-0.4, -0.2) is 39.4 Å². The Morgan fingerprint density at radius 2 is 1.40 bits per heavy atom. The van der Waals surface area contributed by atoms with Gasteiger partial charge in [-0.2, -0.15) is 0 Å². The van der Waals surface area contributed by atoms with E-state index in [4.69, 9.17) is 20.0 Å². The fraction of sp³-hybridized carbons (Fsp3) is 1.00. The summed E-state index contributed by atoms with van der Waals surface area (Å²) in [5, 5.41) is 15.2. The first-order valence-corrected chi connectivity index (χ1v) is 4.54. The third-order valence-corrected chi connectivity index (χ3v) is 1.34. The van der Waals surface area contributed by atoms with Gasteiger partial charge in [-0.25, -0.2) is 0 Å². The monoisotopic (exact) mass is 172 g/mol. The molecule has 0 aliphatic carbocycles. The normalized spacial score (nSPS) is 10.1. The molecule has 0 bridgehead atoms. The van der Waals surface area contributed by atoms with Crippen molar-refractivity contribution >= 4 is 7.60 Å². The first-order chi connectivity index (χ1) is 4.47. The van der Waals surface area contributed by atoms with Gasteiger partial charge >= 0.3 is 7.60 Å². The molecule has 0 atom stereocenters. The van der Waals surface area contributed by atoms with Gasteiger partial charge in [-0.15, -0.1) is 0 Å². The van der Waals surface area contributed by atoms with E-state index in [0.29, 0.717) is 0 Å². The molecule has 0 aromatic heterocycles. The zero-order valence-electron chi connectivity index (χ0n) is 5.77. The van der Waals surface area contributed by atoms with Crippen molar-refractivity contribution < 1.29 is 24.6 Å². The van der Waals surface area contributed by atoms with Crippen LogP contribution >= 0.6 is 7.60 Å². The number of hydrogen-bond donors (Lipinski definition) is 4. The molecule has 6 heteroatoms. The van der Waals surface area contributed by atoms with Crippen molar-refractivity contribution in [2.45, 2.75) is 6.92 Å². The van der Waals surface area contributed by atoms with Crippen molar-refractivity contribution in [1.29, 1.82) is 0 Å². The SMILES string of the molecule is CCP(=O)(O)O.OCCO. The summed E-state index contributed by atoms with van der Waals surface area (Å²) in [7, 11) is -3.65. The summed E-state index contributed by atoms with van der Waals surface area (Å²) >= 11 is 0. The second kappa shape index (κ2) is 7.18. The van der Waals surface area contributed by atoms with E-state index in [1.54, 1.807) is 0 Å². The summed E-state index contributed by atoms with van der Waals surface area (Å²) in [6, 6.07) is 0. The van der Waals surface area contributed by atoms with Gasteiger partial charge in [0.1, 0.15) is 0 Å². The topological polar surface area (TPSA) is 98.0 Å². The maximum atomic E-state index is 9.69. The molecule has 0 aromatic carbocycles. The van der Waals surface area contributed by atoms with Crippen molar-refractivity contribution in [2.24, 2.45) is 0 Å². The molecule has 4 N–H and O–H groups in total. The Kier molecular flexibility index (Phi) is 9.13. The van der Waals surface area contributed by atoms with Crippen LogP contribution in [-0.2, 0) is 4.57 Å². The Morgan fingerprint density at radius 1 is 1.20 bits per heavy atom. The molecule has 0 spiro atoms. The van der Waals surface area contributed by atoms with E-state index < -0.39 is 7.60 Å². The molecule has 0 aliphatic rings. The van der Waals surface area contributed by atoms with Gasteiger partial charge in [-0.1, -0.05) is 6.92 Å². The molecule has 0 radical (unpaired) electrons. The van der Waals surface area contributed by atoms with Crippen molar-refractivity contribution in [3.05, 3.63) is 0 Å². The largest absolute Gasteiger partial charge is 0.394 e. The van der Waals surface area contributed by atoms with E-state index in [9.17, 15) is 4.57 Å². The van der Waals surface area contributed by atoms with Gasteiger partial charge in [-0.3, -0.25) is 4.57 Å². The molecule has 0 saturated heterocycles. The fourth-order valence-electron chi connectivity index (χ4n) is 0. The smallest absolute Gasteiger partial charge is 0.325 e. The third kappa shape index (κ3) is 24.4. The zero-order valence-corrected chi connectivity index (χ0v) is 6.66.